The maximum atomic E-state index is 13.2. The van der Waals surface area contributed by atoms with Crippen molar-refractivity contribution in [3.63, 3.8) is 0 Å². The molecule has 222 valence electrons. The normalized spacial score (nSPS) is 15.3. The molecule has 6 rings (SSSR count). The fourth-order valence-corrected chi connectivity index (χ4v) is 6.53. The lowest BCUT2D eigenvalue weighted by molar-refractivity contribution is -0.119. The summed E-state index contributed by atoms with van der Waals surface area (Å²) in [4.78, 5) is 22.9. The standard InChI is InChI=1S/C39H39N3O2/c1-38(2)25-23-29(24-26-38)36(43)21-20-34-33(19-22-37(41-34)44-3)35-27-42(28-40-35)39(30-13-7-4-8-14-30,31-15-9-5-10-16-31)32-17-11-6-12-18-32/h4-22,27-29H,23-26H2,1-3H3/b21-20+. The highest BCUT2D eigenvalue weighted by Crippen LogP contribution is 2.42. The molecule has 5 aromatic rings. The number of methoxy groups -OCH3 is 1. The SMILES string of the molecule is COc1ccc(-c2cn(C(c3ccccc3)(c3ccccc3)c3ccccc3)cn2)c(/C=C/C(=O)C2CCC(C)(C)CC2)n1. The molecule has 2 aromatic heterocycles. The number of carbonyl (C=O) groups is 1. The smallest absolute Gasteiger partial charge is 0.213 e. The lowest BCUT2D eigenvalue weighted by Gasteiger charge is -2.37. The minimum Gasteiger partial charge on any atom is -0.481 e. The Morgan fingerprint density at radius 1 is 0.841 bits per heavy atom. The molecule has 0 atom stereocenters. The van der Waals surface area contributed by atoms with Gasteiger partial charge in [-0.25, -0.2) is 9.97 Å². The number of allylic oxidation sites excluding steroid dienone is 1. The quantitative estimate of drug-likeness (QED) is 0.129. The van der Waals surface area contributed by atoms with Gasteiger partial charge in [0.05, 0.1) is 24.8 Å². The molecule has 1 aliphatic rings. The first-order valence-electron chi connectivity index (χ1n) is 15.4. The molecule has 2 heterocycles. The first-order chi connectivity index (χ1) is 21.4. The van der Waals surface area contributed by atoms with Crippen LogP contribution in [0.15, 0.2) is 122 Å². The Balaban J connectivity index is 1.44. The summed E-state index contributed by atoms with van der Waals surface area (Å²) in [5.74, 6) is 0.723. The van der Waals surface area contributed by atoms with Crippen LogP contribution in [0, 0.1) is 11.3 Å². The van der Waals surface area contributed by atoms with Crippen LogP contribution in [-0.4, -0.2) is 27.4 Å². The second-order valence-electron chi connectivity index (χ2n) is 12.4. The third kappa shape index (κ3) is 5.74. The molecule has 3 aromatic carbocycles. The van der Waals surface area contributed by atoms with Gasteiger partial charge in [-0.1, -0.05) is 105 Å². The Morgan fingerprint density at radius 2 is 1.39 bits per heavy atom. The third-order valence-electron chi connectivity index (χ3n) is 9.08. The van der Waals surface area contributed by atoms with Gasteiger partial charge in [-0.2, -0.15) is 0 Å². The molecule has 0 saturated heterocycles. The first-order valence-corrected chi connectivity index (χ1v) is 15.4. The van der Waals surface area contributed by atoms with Crippen LogP contribution in [0.1, 0.15) is 61.9 Å². The summed E-state index contributed by atoms with van der Waals surface area (Å²) < 4.78 is 7.66. The summed E-state index contributed by atoms with van der Waals surface area (Å²) in [6.07, 6.45) is 11.5. The Kier molecular flexibility index (Phi) is 8.30. The van der Waals surface area contributed by atoms with Crippen molar-refractivity contribution < 1.29 is 9.53 Å². The maximum absolute atomic E-state index is 13.2. The van der Waals surface area contributed by atoms with Gasteiger partial charge in [0.15, 0.2) is 5.78 Å². The van der Waals surface area contributed by atoms with Crippen molar-refractivity contribution >= 4 is 11.9 Å². The molecule has 1 saturated carbocycles. The molecular formula is C39H39N3O2. The summed E-state index contributed by atoms with van der Waals surface area (Å²) in [7, 11) is 1.60. The minimum absolute atomic E-state index is 0.0655. The van der Waals surface area contributed by atoms with Gasteiger partial charge >= 0.3 is 0 Å². The molecule has 0 bridgehead atoms. The number of ketones is 1. The van der Waals surface area contributed by atoms with E-state index in [2.05, 4.69) is 97.4 Å². The van der Waals surface area contributed by atoms with E-state index in [0.29, 0.717) is 17.0 Å². The molecule has 0 aliphatic heterocycles. The van der Waals surface area contributed by atoms with Crippen molar-refractivity contribution in [2.45, 2.75) is 45.1 Å². The monoisotopic (exact) mass is 581 g/mol. The van der Waals surface area contributed by atoms with Crippen LogP contribution in [0.5, 0.6) is 5.88 Å². The number of hydrogen-bond donors (Lipinski definition) is 0. The van der Waals surface area contributed by atoms with Gasteiger partial charge in [0.25, 0.3) is 0 Å². The summed E-state index contributed by atoms with van der Waals surface area (Å²) in [5.41, 5.74) is 5.26. The van der Waals surface area contributed by atoms with Crippen molar-refractivity contribution in [3.8, 4) is 17.1 Å². The van der Waals surface area contributed by atoms with Gasteiger partial charge in [0, 0.05) is 23.7 Å². The highest BCUT2D eigenvalue weighted by molar-refractivity contribution is 5.96. The molecule has 0 unspecified atom stereocenters. The zero-order valence-corrected chi connectivity index (χ0v) is 25.7. The van der Waals surface area contributed by atoms with E-state index in [4.69, 9.17) is 14.7 Å². The van der Waals surface area contributed by atoms with E-state index in [-0.39, 0.29) is 11.7 Å². The van der Waals surface area contributed by atoms with E-state index in [1.54, 1.807) is 13.2 Å². The molecular weight excluding hydrogens is 542 g/mol. The topological polar surface area (TPSA) is 57.0 Å². The molecule has 1 aliphatic carbocycles. The lowest BCUT2D eigenvalue weighted by Crippen LogP contribution is -2.36. The van der Waals surface area contributed by atoms with E-state index >= 15 is 0 Å². The second kappa shape index (κ2) is 12.5. The molecule has 5 heteroatoms. The van der Waals surface area contributed by atoms with Crippen molar-refractivity contribution in [1.29, 1.82) is 0 Å². The predicted molar refractivity (Wildman–Crippen MR) is 176 cm³/mol. The van der Waals surface area contributed by atoms with E-state index in [9.17, 15) is 4.79 Å². The Labute approximate surface area is 260 Å². The van der Waals surface area contributed by atoms with Crippen molar-refractivity contribution in [2.24, 2.45) is 11.3 Å². The molecule has 0 radical (unpaired) electrons. The highest BCUT2D eigenvalue weighted by Gasteiger charge is 2.38. The Morgan fingerprint density at radius 3 is 1.91 bits per heavy atom. The number of imidazole rings is 1. The predicted octanol–water partition coefficient (Wildman–Crippen LogP) is 8.59. The van der Waals surface area contributed by atoms with Crippen molar-refractivity contribution in [1.82, 2.24) is 14.5 Å². The van der Waals surface area contributed by atoms with Crippen LogP contribution >= 0.6 is 0 Å². The second-order valence-corrected chi connectivity index (χ2v) is 12.4. The zero-order chi connectivity index (χ0) is 30.6. The molecule has 0 spiro atoms. The molecule has 0 N–H and O–H groups in total. The number of pyridine rings is 1. The van der Waals surface area contributed by atoms with Crippen LogP contribution in [-0.2, 0) is 10.3 Å². The van der Waals surface area contributed by atoms with Gasteiger partial charge in [-0.15, -0.1) is 0 Å². The average molecular weight is 582 g/mol. The van der Waals surface area contributed by atoms with Crippen molar-refractivity contribution in [3.05, 3.63) is 144 Å². The van der Waals surface area contributed by atoms with Gasteiger partial charge in [-0.05, 0) is 66.0 Å². The van der Waals surface area contributed by atoms with Crippen LogP contribution in [0.2, 0.25) is 0 Å². The van der Waals surface area contributed by atoms with E-state index in [1.807, 2.05) is 42.7 Å². The van der Waals surface area contributed by atoms with Crippen LogP contribution in [0.4, 0.5) is 0 Å². The van der Waals surface area contributed by atoms with E-state index < -0.39 is 5.54 Å². The van der Waals surface area contributed by atoms with Gasteiger partial charge < -0.3 is 9.30 Å². The van der Waals surface area contributed by atoms with Gasteiger partial charge in [-0.3, -0.25) is 4.79 Å². The fraction of sp³-hybridized carbons (Fsp3) is 0.256. The Hall–Kier alpha value is -4.77. The van der Waals surface area contributed by atoms with Crippen LogP contribution in [0.25, 0.3) is 17.3 Å². The van der Waals surface area contributed by atoms with Crippen LogP contribution < -0.4 is 4.74 Å². The van der Waals surface area contributed by atoms with E-state index in [0.717, 1.165) is 53.6 Å². The molecule has 1 fully saturated rings. The lowest BCUT2D eigenvalue weighted by atomic mass is 9.72. The maximum Gasteiger partial charge on any atom is 0.213 e. The third-order valence-corrected chi connectivity index (χ3v) is 9.08. The first kappa shape index (κ1) is 29.3. The number of benzene rings is 3. The number of aromatic nitrogens is 3. The minimum atomic E-state index is -0.671. The highest BCUT2D eigenvalue weighted by atomic mass is 16.5. The zero-order valence-electron chi connectivity index (χ0n) is 25.7. The number of ether oxygens (including phenoxy) is 1. The molecule has 5 nitrogen and oxygen atoms in total. The average Bonchev–Trinajstić information content (AvgIpc) is 3.55. The number of carbonyl (C=O) groups excluding carboxylic acids is 1. The Bertz CT molecular complexity index is 1630. The van der Waals surface area contributed by atoms with Crippen LogP contribution in [0.3, 0.4) is 0 Å². The summed E-state index contributed by atoms with van der Waals surface area (Å²) in [6.45, 7) is 4.58. The number of hydrogen-bond acceptors (Lipinski definition) is 4. The van der Waals surface area contributed by atoms with Gasteiger partial charge in [0.1, 0.15) is 5.54 Å². The van der Waals surface area contributed by atoms with E-state index in [1.165, 1.54) is 0 Å². The summed E-state index contributed by atoms with van der Waals surface area (Å²) in [5, 5.41) is 0. The summed E-state index contributed by atoms with van der Waals surface area (Å²) in [6, 6.07) is 35.4. The largest absolute Gasteiger partial charge is 0.481 e. The molecule has 44 heavy (non-hydrogen) atoms. The fourth-order valence-electron chi connectivity index (χ4n) is 6.53. The number of nitrogens with zero attached hydrogens (tertiary/aromatic N) is 3. The van der Waals surface area contributed by atoms with Gasteiger partial charge in [0.2, 0.25) is 5.88 Å². The number of rotatable bonds is 9. The van der Waals surface area contributed by atoms with Crippen molar-refractivity contribution in [2.75, 3.05) is 7.11 Å². The summed E-state index contributed by atoms with van der Waals surface area (Å²) >= 11 is 0. The molecule has 0 amide bonds.